The number of hydrogen-bond acceptors (Lipinski definition) is 5. The maximum Gasteiger partial charge on any atom is 0.410 e. The maximum absolute atomic E-state index is 12.2. The zero-order valence-electron chi connectivity index (χ0n) is 15.2. The second-order valence-electron chi connectivity index (χ2n) is 7.17. The van der Waals surface area contributed by atoms with Crippen molar-refractivity contribution in [3.63, 3.8) is 0 Å². The van der Waals surface area contributed by atoms with Crippen LogP contribution in [0.1, 0.15) is 52.5 Å². The molecule has 1 aliphatic rings. The Morgan fingerprint density at radius 2 is 1.92 bits per heavy atom. The van der Waals surface area contributed by atoms with Crippen molar-refractivity contribution < 1.29 is 9.53 Å². The van der Waals surface area contributed by atoms with Crippen molar-refractivity contribution >= 4 is 23.5 Å². The fourth-order valence-corrected chi connectivity index (χ4v) is 2.99. The summed E-state index contributed by atoms with van der Waals surface area (Å²) in [6.07, 6.45) is 2.21. The molecule has 1 saturated heterocycles. The summed E-state index contributed by atoms with van der Waals surface area (Å²) in [5.41, 5.74) is 0.519. The van der Waals surface area contributed by atoms with Crippen molar-refractivity contribution in [2.75, 3.05) is 31.1 Å². The molecule has 1 amide bonds. The molecular formula is C17H27ClN4O2. The third-order valence-electron chi connectivity index (χ3n) is 4.15. The lowest BCUT2D eigenvalue weighted by Gasteiger charge is -2.37. The van der Waals surface area contributed by atoms with E-state index in [1.807, 2.05) is 20.8 Å². The van der Waals surface area contributed by atoms with Crippen molar-refractivity contribution in [3.05, 3.63) is 17.0 Å². The molecule has 0 saturated carbocycles. The lowest BCUT2D eigenvalue weighted by Crippen LogP contribution is -2.50. The largest absolute Gasteiger partial charge is 0.444 e. The van der Waals surface area contributed by atoms with Crippen LogP contribution in [0.2, 0.25) is 5.15 Å². The zero-order valence-corrected chi connectivity index (χ0v) is 15.9. The number of carbonyl (C=O) groups excluding carboxylic acids is 1. The van der Waals surface area contributed by atoms with Crippen LogP contribution in [0.4, 0.5) is 10.6 Å². The van der Waals surface area contributed by atoms with Crippen molar-refractivity contribution in [2.24, 2.45) is 0 Å². The molecule has 134 valence electrons. The van der Waals surface area contributed by atoms with E-state index in [2.05, 4.69) is 28.7 Å². The Bertz CT molecular complexity index is 580. The highest BCUT2D eigenvalue weighted by molar-refractivity contribution is 6.30. The van der Waals surface area contributed by atoms with Gasteiger partial charge in [-0.15, -0.1) is 0 Å². The summed E-state index contributed by atoms with van der Waals surface area (Å²) >= 11 is 6.31. The molecule has 1 aliphatic heterocycles. The number of amides is 1. The van der Waals surface area contributed by atoms with E-state index in [1.165, 1.54) is 6.33 Å². The minimum atomic E-state index is -0.474. The number of ether oxygens (including phenoxy) is 1. The topological polar surface area (TPSA) is 58.6 Å². The molecule has 6 nitrogen and oxygen atoms in total. The van der Waals surface area contributed by atoms with E-state index in [0.29, 0.717) is 31.3 Å². The van der Waals surface area contributed by atoms with Crippen molar-refractivity contribution in [1.29, 1.82) is 0 Å². The molecule has 0 radical (unpaired) electrons. The first kappa shape index (κ1) is 18.8. The van der Waals surface area contributed by atoms with Gasteiger partial charge in [-0.3, -0.25) is 0 Å². The zero-order chi connectivity index (χ0) is 17.9. The number of hydrogen-bond donors (Lipinski definition) is 0. The van der Waals surface area contributed by atoms with Crippen molar-refractivity contribution in [3.8, 4) is 0 Å². The SMILES string of the molecule is CC[C@@H](C)c1c(Cl)ncnc1N1CCN(C(=O)OC(C)(C)C)CC1. The van der Waals surface area contributed by atoms with Gasteiger partial charge in [-0.05, 0) is 33.1 Å². The van der Waals surface area contributed by atoms with Gasteiger partial charge in [-0.25, -0.2) is 14.8 Å². The van der Waals surface area contributed by atoms with Crippen LogP contribution in [0.5, 0.6) is 0 Å². The first-order valence-corrected chi connectivity index (χ1v) is 8.84. The predicted molar refractivity (Wildman–Crippen MR) is 95.8 cm³/mol. The van der Waals surface area contributed by atoms with Gasteiger partial charge >= 0.3 is 6.09 Å². The summed E-state index contributed by atoms with van der Waals surface area (Å²) in [5, 5.41) is 0.518. The smallest absolute Gasteiger partial charge is 0.410 e. The van der Waals surface area contributed by atoms with Gasteiger partial charge in [0.15, 0.2) is 0 Å². The highest BCUT2D eigenvalue weighted by atomic mass is 35.5. The Morgan fingerprint density at radius 3 is 2.46 bits per heavy atom. The van der Waals surface area contributed by atoms with E-state index in [4.69, 9.17) is 16.3 Å². The Kier molecular flexibility index (Phi) is 5.91. The third-order valence-corrected chi connectivity index (χ3v) is 4.45. The van der Waals surface area contributed by atoms with Crippen LogP contribution in [0.25, 0.3) is 0 Å². The molecule has 0 bridgehead atoms. The monoisotopic (exact) mass is 354 g/mol. The van der Waals surface area contributed by atoms with Gasteiger partial charge in [0.1, 0.15) is 22.9 Å². The molecule has 0 aromatic carbocycles. The summed E-state index contributed by atoms with van der Waals surface area (Å²) in [4.78, 5) is 24.7. The number of anilines is 1. The van der Waals surface area contributed by atoms with Crippen LogP contribution in [-0.4, -0.2) is 52.7 Å². The Balaban J connectivity index is 2.08. The molecule has 1 aromatic heterocycles. The van der Waals surface area contributed by atoms with Gasteiger partial charge in [-0.2, -0.15) is 0 Å². The van der Waals surface area contributed by atoms with E-state index < -0.39 is 5.60 Å². The molecule has 0 N–H and O–H groups in total. The van der Waals surface area contributed by atoms with E-state index in [9.17, 15) is 4.79 Å². The van der Waals surface area contributed by atoms with Crippen LogP contribution in [0.15, 0.2) is 6.33 Å². The lowest BCUT2D eigenvalue weighted by atomic mass is 10.00. The average Bonchev–Trinajstić information content (AvgIpc) is 2.52. The van der Waals surface area contributed by atoms with Crippen LogP contribution < -0.4 is 4.90 Å². The van der Waals surface area contributed by atoms with Crippen LogP contribution in [0, 0.1) is 0 Å². The quantitative estimate of drug-likeness (QED) is 0.774. The highest BCUT2D eigenvalue weighted by Gasteiger charge is 2.28. The minimum absolute atomic E-state index is 0.259. The number of halogens is 1. The van der Waals surface area contributed by atoms with Crippen molar-refractivity contribution in [2.45, 2.75) is 52.6 Å². The summed E-state index contributed by atoms with van der Waals surface area (Å²) < 4.78 is 5.44. The number of rotatable bonds is 3. The molecule has 2 heterocycles. The highest BCUT2D eigenvalue weighted by Crippen LogP contribution is 2.33. The average molecular weight is 355 g/mol. The summed E-state index contributed by atoms with van der Waals surface area (Å²) in [7, 11) is 0. The van der Waals surface area contributed by atoms with E-state index in [-0.39, 0.29) is 12.0 Å². The summed E-state index contributed by atoms with van der Waals surface area (Å²) in [5.74, 6) is 1.17. The van der Waals surface area contributed by atoms with Gasteiger partial charge < -0.3 is 14.5 Å². The van der Waals surface area contributed by atoms with Gasteiger partial charge in [0.2, 0.25) is 0 Å². The molecule has 1 atom stereocenters. The number of carbonyl (C=O) groups is 1. The standard InChI is InChI=1S/C17H27ClN4O2/c1-6-12(2)13-14(18)19-11-20-15(13)21-7-9-22(10-8-21)16(23)24-17(3,4)5/h11-12H,6-10H2,1-5H3/t12-/m1/s1. The molecular weight excluding hydrogens is 328 g/mol. The predicted octanol–water partition coefficient (Wildman–Crippen LogP) is 3.70. The first-order chi connectivity index (χ1) is 11.2. The van der Waals surface area contributed by atoms with Gasteiger partial charge in [-0.1, -0.05) is 25.4 Å². The minimum Gasteiger partial charge on any atom is -0.444 e. The molecule has 1 aromatic rings. The summed E-state index contributed by atoms with van der Waals surface area (Å²) in [6, 6.07) is 0. The third kappa shape index (κ3) is 4.50. The van der Waals surface area contributed by atoms with Gasteiger partial charge in [0.25, 0.3) is 0 Å². The molecule has 0 unspecified atom stereocenters. The lowest BCUT2D eigenvalue weighted by molar-refractivity contribution is 0.0240. The fraction of sp³-hybridized carbons (Fsp3) is 0.706. The van der Waals surface area contributed by atoms with Crippen LogP contribution in [0.3, 0.4) is 0 Å². The van der Waals surface area contributed by atoms with E-state index >= 15 is 0 Å². The Hall–Kier alpha value is -1.56. The van der Waals surface area contributed by atoms with E-state index in [0.717, 1.165) is 17.8 Å². The molecule has 0 aliphatic carbocycles. The van der Waals surface area contributed by atoms with Crippen molar-refractivity contribution in [1.82, 2.24) is 14.9 Å². The Labute approximate surface area is 149 Å². The number of nitrogens with zero attached hydrogens (tertiary/aromatic N) is 4. The first-order valence-electron chi connectivity index (χ1n) is 8.46. The summed E-state index contributed by atoms with van der Waals surface area (Å²) in [6.45, 7) is 12.5. The van der Waals surface area contributed by atoms with E-state index in [1.54, 1.807) is 4.90 Å². The van der Waals surface area contributed by atoms with Crippen LogP contribution >= 0.6 is 11.6 Å². The Morgan fingerprint density at radius 1 is 1.29 bits per heavy atom. The number of piperazine rings is 1. The second kappa shape index (κ2) is 7.55. The van der Waals surface area contributed by atoms with Gasteiger partial charge in [0.05, 0.1) is 0 Å². The molecule has 7 heteroatoms. The molecule has 1 fully saturated rings. The molecule has 24 heavy (non-hydrogen) atoms. The van der Waals surface area contributed by atoms with Gasteiger partial charge in [0, 0.05) is 31.7 Å². The fourth-order valence-electron chi connectivity index (χ4n) is 2.67. The second-order valence-corrected chi connectivity index (χ2v) is 7.52. The molecule has 2 rings (SSSR count). The number of aromatic nitrogens is 2. The van der Waals surface area contributed by atoms with Crippen LogP contribution in [-0.2, 0) is 4.74 Å². The maximum atomic E-state index is 12.2. The normalized spacial score (nSPS) is 16.9. The molecule has 0 spiro atoms.